The van der Waals surface area contributed by atoms with Crippen LogP contribution in [0.3, 0.4) is 0 Å². The van der Waals surface area contributed by atoms with Crippen LogP contribution < -0.4 is 10.6 Å². The second kappa shape index (κ2) is 9.37. The number of rotatable bonds is 6. The summed E-state index contributed by atoms with van der Waals surface area (Å²) >= 11 is 1.05. The summed E-state index contributed by atoms with van der Waals surface area (Å²) in [7, 11) is 1.51. The maximum absolute atomic E-state index is 12.8. The van der Waals surface area contributed by atoms with Crippen LogP contribution in [-0.4, -0.2) is 31.4 Å². The Morgan fingerprint density at radius 1 is 0.933 bits per heavy atom. The first-order valence-electron chi connectivity index (χ1n) is 9.45. The molecule has 0 spiro atoms. The topological polar surface area (TPSA) is 84.5 Å². The normalized spacial score (nSPS) is 10.4. The fourth-order valence-electron chi connectivity index (χ4n) is 3.00. The van der Waals surface area contributed by atoms with E-state index in [2.05, 4.69) is 10.6 Å². The van der Waals surface area contributed by atoms with Crippen molar-refractivity contribution in [1.82, 2.24) is 5.32 Å². The minimum atomic E-state index is -0.573. The average molecular weight is 423 g/mol. The minimum Gasteiger partial charge on any atom is -0.462 e. The van der Waals surface area contributed by atoms with Crippen molar-refractivity contribution in [2.45, 2.75) is 13.8 Å². The molecule has 0 aliphatic heterocycles. The molecule has 0 fully saturated rings. The van der Waals surface area contributed by atoms with Crippen molar-refractivity contribution in [3.63, 3.8) is 0 Å². The third-order valence-corrected chi connectivity index (χ3v) is 5.75. The molecule has 3 aromatic rings. The van der Waals surface area contributed by atoms with Crippen molar-refractivity contribution in [3.8, 4) is 11.1 Å². The van der Waals surface area contributed by atoms with Gasteiger partial charge in [0.05, 0.1) is 17.0 Å². The van der Waals surface area contributed by atoms with E-state index >= 15 is 0 Å². The highest BCUT2D eigenvalue weighted by Gasteiger charge is 2.26. The van der Waals surface area contributed by atoms with E-state index in [1.807, 2.05) is 42.5 Å². The first-order valence-corrected chi connectivity index (χ1v) is 10.3. The van der Waals surface area contributed by atoms with E-state index in [4.69, 9.17) is 4.74 Å². The fourth-order valence-corrected chi connectivity index (χ4v) is 4.14. The van der Waals surface area contributed by atoms with E-state index in [1.165, 1.54) is 7.05 Å². The van der Waals surface area contributed by atoms with Crippen LogP contribution in [-0.2, 0) is 4.74 Å². The van der Waals surface area contributed by atoms with Gasteiger partial charge in [0, 0.05) is 12.6 Å². The molecule has 0 saturated carbocycles. The second-order valence-electron chi connectivity index (χ2n) is 6.46. The molecule has 6 nitrogen and oxygen atoms in total. The SMILES string of the molecule is CCOC(=O)c1c(NC(=O)c2ccc(-c3ccccc3)cc2)sc(C(=O)NC)c1C. The molecule has 2 aromatic carbocycles. The Morgan fingerprint density at radius 2 is 1.57 bits per heavy atom. The molecule has 154 valence electrons. The average Bonchev–Trinajstić information content (AvgIpc) is 3.09. The predicted molar refractivity (Wildman–Crippen MR) is 118 cm³/mol. The molecule has 0 aliphatic carbocycles. The van der Waals surface area contributed by atoms with Gasteiger partial charge in [0.1, 0.15) is 5.00 Å². The number of esters is 1. The third kappa shape index (κ3) is 4.41. The Bertz CT molecular complexity index is 1070. The standard InChI is InChI=1S/C23H22N2O4S/c1-4-29-23(28)18-14(2)19(21(27)24-3)30-22(18)25-20(26)17-12-10-16(11-13-17)15-8-6-5-7-9-15/h5-13H,4H2,1-3H3,(H,24,27)(H,25,26). The Kier molecular flexibility index (Phi) is 6.64. The van der Waals surface area contributed by atoms with E-state index in [9.17, 15) is 14.4 Å². The van der Waals surface area contributed by atoms with Crippen LogP contribution in [0.1, 0.15) is 42.9 Å². The van der Waals surface area contributed by atoms with Crippen molar-refractivity contribution >= 4 is 34.1 Å². The molecule has 0 saturated heterocycles. The van der Waals surface area contributed by atoms with Crippen molar-refractivity contribution in [3.05, 3.63) is 76.2 Å². The highest BCUT2D eigenvalue weighted by molar-refractivity contribution is 7.18. The van der Waals surface area contributed by atoms with Crippen molar-refractivity contribution in [2.75, 3.05) is 19.0 Å². The lowest BCUT2D eigenvalue weighted by Crippen LogP contribution is -2.18. The molecule has 0 bridgehead atoms. The van der Waals surface area contributed by atoms with Crippen LogP contribution in [0.4, 0.5) is 5.00 Å². The van der Waals surface area contributed by atoms with Gasteiger partial charge in [-0.3, -0.25) is 9.59 Å². The van der Waals surface area contributed by atoms with Gasteiger partial charge in [-0.1, -0.05) is 42.5 Å². The molecule has 0 aliphatic rings. The summed E-state index contributed by atoms with van der Waals surface area (Å²) < 4.78 is 5.11. The number of ether oxygens (including phenoxy) is 1. The summed E-state index contributed by atoms with van der Waals surface area (Å²) in [5.74, 6) is -1.27. The maximum Gasteiger partial charge on any atom is 0.341 e. The number of carbonyl (C=O) groups is 3. The Labute approximate surface area is 178 Å². The van der Waals surface area contributed by atoms with E-state index < -0.39 is 5.97 Å². The zero-order valence-corrected chi connectivity index (χ0v) is 17.8. The number of benzene rings is 2. The number of amides is 2. The van der Waals surface area contributed by atoms with E-state index in [1.54, 1.807) is 26.0 Å². The van der Waals surface area contributed by atoms with Gasteiger partial charge in [-0.05, 0) is 42.7 Å². The quantitative estimate of drug-likeness (QED) is 0.573. The zero-order valence-electron chi connectivity index (χ0n) is 16.9. The van der Waals surface area contributed by atoms with E-state index in [-0.39, 0.29) is 24.0 Å². The molecule has 7 heteroatoms. The van der Waals surface area contributed by atoms with Crippen LogP contribution >= 0.6 is 11.3 Å². The summed E-state index contributed by atoms with van der Waals surface area (Å²) in [5, 5.41) is 5.60. The molecule has 2 amide bonds. The summed E-state index contributed by atoms with van der Waals surface area (Å²) in [6, 6.07) is 17.0. The molecule has 0 radical (unpaired) electrons. The van der Waals surface area contributed by atoms with Crippen LogP contribution in [0.25, 0.3) is 11.1 Å². The molecule has 30 heavy (non-hydrogen) atoms. The highest BCUT2D eigenvalue weighted by atomic mass is 32.1. The molecular weight excluding hydrogens is 400 g/mol. The third-order valence-electron chi connectivity index (χ3n) is 4.54. The van der Waals surface area contributed by atoms with E-state index in [0.29, 0.717) is 21.0 Å². The van der Waals surface area contributed by atoms with Crippen LogP contribution in [0.15, 0.2) is 54.6 Å². The van der Waals surface area contributed by atoms with Crippen molar-refractivity contribution < 1.29 is 19.1 Å². The Morgan fingerprint density at radius 3 is 2.17 bits per heavy atom. The molecule has 0 unspecified atom stereocenters. The monoisotopic (exact) mass is 422 g/mol. The molecule has 0 atom stereocenters. The van der Waals surface area contributed by atoms with Gasteiger partial charge < -0.3 is 15.4 Å². The summed E-state index contributed by atoms with van der Waals surface area (Å²) in [4.78, 5) is 37.7. The fraction of sp³-hybridized carbons (Fsp3) is 0.174. The lowest BCUT2D eigenvalue weighted by atomic mass is 10.0. The number of nitrogens with one attached hydrogen (secondary N) is 2. The first-order chi connectivity index (χ1) is 14.5. The lowest BCUT2D eigenvalue weighted by molar-refractivity contribution is 0.0527. The largest absolute Gasteiger partial charge is 0.462 e. The van der Waals surface area contributed by atoms with Gasteiger partial charge in [-0.2, -0.15) is 0 Å². The number of anilines is 1. The summed E-state index contributed by atoms with van der Waals surface area (Å²) in [5.41, 5.74) is 3.17. The van der Waals surface area contributed by atoms with Gasteiger partial charge in [0.25, 0.3) is 11.8 Å². The van der Waals surface area contributed by atoms with Crippen LogP contribution in [0, 0.1) is 6.92 Å². The molecule has 1 aromatic heterocycles. The van der Waals surface area contributed by atoms with Gasteiger partial charge >= 0.3 is 5.97 Å². The maximum atomic E-state index is 12.8. The smallest absolute Gasteiger partial charge is 0.341 e. The van der Waals surface area contributed by atoms with Gasteiger partial charge in [0.2, 0.25) is 0 Å². The van der Waals surface area contributed by atoms with Gasteiger partial charge in [-0.15, -0.1) is 11.3 Å². The Balaban J connectivity index is 1.88. The second-order valence-corrected chi connectivity index (χ2v) is 7.48. The van der Waals surface area contributed by atoms with Crippen LogP contribution in [0.2, 0.25) is 0 Å². The summed E-state index contributed by atoms with van der Waals surface area (Å²) in [6.45, 7) is 3.56. The number of hydrogen-bond acceptors (Lipinski definition) is 5. The number of hydrogen-bond donors (Lipinski definition) is 2. The summed E-state index contributed by atoms with van der Waals surface area (Å²) in [6.07, 6.45) is 0. The predicted octanol–water partition coefficient (Wildman–Crippen LogP) is 4.51. The number of carbonyl (C=O) groups excluding carboxylic acids is 3. The van der Waals surface area contributed by atoms with Gasteiger partial charge in [-0.25, -0.2) is 4.79 Å². The first kappa shape index (κ1) is 21.3. The Hall–Kier alpha value is -3.45. The van der Waals surface area contributed by atoms with Gasteiger partial charge in [0.15, 0.2) is 0 Å². The molecule has 2 N–H and O–H groups in total. The minimum absolute atomic E-state index is 0.192. The van der Waals surface area contributed by atoms with Crippen molar-refractivity contribution in [2.24, 2.45) is 0 Å². The molecule has 1 heterocycles. The number of thiophene rings is 1. The highest BCUT2D eigenvalue weighted by Crippen LogP contribution is 2.34. The molecule has 3 rings (SSSR count). The zero-order chi connectivity index (χ0) is 21.7. The van der Waals surface area contributed by atoms with E-state index in [0.717, 1.165) is 22.5 Å². The van der Waals surface area contributed by atoms with Crippen LogP contribution in [0.5, 0.6) is 0 Å². The van der Waals surface area contributed by atoms with Crippen molar-refractivity contribution in [1.29, 1.82) is 0 Å². The lowest BCUT2D eigenvalue weighted by Gasteiger charge is -2.08. The molecular formula is C23H22N2O4S.